The first-order valence-corrected chi connectivity index (χ1v) is 7.19. The summed E-state index contributed by atoms with van der Waals surface area (Å²) in [5.41, 5.74) is 1.14. The van der Waals surface area contributed by atoms with E-state index in [1.807, 2.05) is 12.1 Å². The van der Waals surface area contributed by atoms with Crippen LogP contribution in [0.1, 0.15) is 31.6 Å². The van der Waals surface area contributed by atoms with Gasteiger partial charge in [0.25, 0.3) is 0 Å². The van der Waals surface area contributed by atoms with E-state index in [-0.39, 0.29) is 0 Å². The minimum Gasteiger partial charge on any atom is -0.469 e. The van der Waals surface area contributed by atoms with Crippen LogP contribution in [0.15, 0.2) is 29.1 Å². The summed E-state index contributed by atoms with van der Waals surface area (Å²) in [6, 6.07) is 3.89. The lowest BCUT2D eigenvalue weighted by molar-refractivity contribution is 0.513. The maximum Gasteiger partial charge on any atom is 0.134 e. The molecule has 0 aliphatic rings. The second kappa shape index (κ2) is 7.53. The fraction of sp³-hybridized carbons (Fsp3) is 0.467. The molecule has 0 unspecified atom stereocenters. The summed E-state index contributed by atoms with van der Waals surface area (Å²) in [6.07, 6.45) is 6.12. The van der Waals surface area contributed by atoms with Crippen LogP contribution in [0.4, 0.5) is 11.6 Å². The van der Waals surface area contributed by atoms with Crippen LogP contribution in [0.5, 0.6) is 0 Å². The molecular formula is C15H22N4O. The van der Waals surface area contributed by atoms with Crippen LogP contribution in [0.25, 0.3) is 0 Å². The number of rotatable bonds is 8. The van der Waals surface area contributed by atoms with Crippen molar-refractivity contribution < 1.29 is 4.42 Å². The molecule has 0 spiro atoms. The van der Waals surface area contributed by atoms with E-state index in [4.69, 9.17) is 4.42 Å². The third-order valence-corrected chi connectivity index (χ3v) is 3.09. The zero-order valence-electron chi connectivity index (χ0n) is 12.1. The van der Waals surface area contributed by atoms with Crippen LogP contribution < -0.4 is 10.6 Å². The normalized spacial score (nSPS) is 10.5. The highest BCUT2D eigenvalue weighted by Crippen LogP contribution is 2.20. The number of hydrogen-bond donors (Lipinski definition) is 2. The van der Waals surface area contributed by atoms with Crippen molar-refractivity contribution in [2.24, 2.45) is 0 Å². The van der Waals surface area contributed by atoms with E-state index in [1.165, 1.54) is 0 Å². The zero-order valence-corrected chi connectivity index (χ0v) is 12.1. The van der Waals surface area contributed by atoms with Gasteiger partial charge in [0.2, 0.25) is 0 Å². The van der Waals surface area contributed by atoms with Gasteiger partial charge in [0.15, 0.2) is 0 Å². The molecule has 0 fully saturated rings. The molecule has 2 aromatic heterocycles. The molecule has 0 aliphatic heterocycles. The molecule has 5 nitrogen and oxygen atoms in total. The van der Waals surface area contributed by atoms with Crippen molar-refractivity contribution in [2.45, 2.75) is 33.1 Å². The van der Waals surface area contributed by atoms with Gasteiger partial charge in [-0.1, -0.05) is 13.8 Å². The summed E-state index contributed by atoms with van der Waals surface area (Å²) < 4.78 is 5.32. The van der Waals surface area contributed by atoms with Crippen molar-refractivity contribution in [1.29, 1.82) is 0 Å². The average Bonchev–Trinajstić information content (AvgIpc) is 2.98. The third kappa shape index (κ3) is 3.73. The van der Waals surface area contributed by atoms with E-state index in [2.05, 4.69) is 34.4 Å². The van der Waals surface area contributed by atoms with Crippen LogP contribution in [0, 0.1) is 0 Å². The lowest BCUT2D eigenvalue weighted by atomic mass is 10.2. The van der Waals surface area contributed by atoms with Crippen LogP contribution in [-0.4, -0.2) is 23.1 Å². The smallest absolute Gasteiger partial charge is 0.134 e. The monoisotopic (exact) mass is 274 g/mol. The molecule has 0 radical (unpaired) electrons. The van der Waals surface area contributed by atoms with Gasteiger partial charge in [-0.2, -0.15) is 0 Å². The summed E-state index contributed by atoms with van der Waals surface area (Å²) >= 11 is 0. The molecule has 0 amide bonds. The number of nitrogens with zero attached hydrogens (tertiary/aromatic N) is 2. The highest BCUT2D eigenvalue weighted by Gasteiger charge is 2.09. The Morgan fingerprint density at radius 2 is 1.85 bits per heavy atom. The van der Waals surface area contributed by atoms with E-state index in [0.29, 0.717) is 0 Å². The Labute approximate surface area is 119 Å². The van der Waals surface area contributed by atoms with E-state index in [1.54, 1.807) is 12.6 Å². The van der Waals surface area contributed by atoms with Crippen molar-refractivity contribution in [3.05, 3.63) is 36.0 Å². The number of hydrogen-bond acceptors (Lipinski definition) is 5. The van der Waals surface area contributed by atoms with E-state index >= 15 is 0 Å². The van der Waals surface area contributed by atoms with Crippen molar-refractivity contribution in [3.8, 4) is 0 Å². The van der Waals surface area contributed by atoms with E-state index < -0.39 is 0 Å². The van der Waals surface area contributed by atoms with Gasteiger partial charge in [-0.05, 0) is 25.0 Å². The molecule has 5 heteroatoms. The molecule has 108 valence electrons. The molecule has 2 heterocycles. The Hall–Kier alpha value is -2.04. The number of nitrogens with one attached hydrogen (secondary N) is 2. The molecule has 0 saturated carbocycles. The highest BCUT2D eigenvalue weighted by molar-refractivity contribution is 5.57. The molecule has 0 aromatic carbocycles. The first-order valence-electron chi connectivity index (χ1n) is 7.19. The molecule has 20 heavy (non-hydrogen) atoms. The van der Waals surface area contributed by atoms with Gasteiger partial charge in [0.1, 0.15) is 23.7 Å². The summed E-state index contributed by atoms with van der Waals surface area (Å²) in [7, 11) is 0. The number of furan rings is 1. The number of anilines is 2. The Balaban J connectivity index is 1.99. The molecule has 2 aromatic rings. The lowest BCUT2D eigenvalue weighted by Gasteiger charge is -2.13. The third-order valence-electron chi connectivity index (χ3n) is 3.09. The van der Waals surface area contributed by atoms with E-state index in [0.717, 1.165) is 55.3 Å². The fourth-order valence-corrected chi connectivity index (χ4v) is 2.05. The summed E-state index contributed by atoms with van der Waals surface area (Å²) in [5.74, 6) is 2.83. The maximum atomic E-state index is 5.32. The minimum absolute atomic E-state index is 0.796. The maximum absolute atomic E-state index is 5.32. The Morgan fingerprint density at radius 3 is 2.45 bits per heavy atom. The average molecular weight is 274 g/mol. The molecule has 0 aliphatic carbocycles. The quantitative estimate of drug-likeness (QED) is 0.774. The topological polar surface area (TPSA) is 63.0 Å². The SMILES string of the molecule is CCCNc1ncnc(NCCc2ccco2)c1CC. The van der Waals surface area contributed by atoms with Crippen molar-refractivity contribution in [3.63, 3.8) is 0 Å². The van der Waals surface area contributed by atoms with Gasteiger partial charge in [-0.25, -0.2) is 9.97 Å². The van der Waals surface area contributed by atoms with Gasteiger partial charge in [0, 0.05) is 25.1 Å². The van der Waals surface area contributed by atoms with Gasteiger partial charge in [-0.3, -0.25) is 0 Å². The van der Waals surface area contributed by atoms with Crippen LogP contribution in [-0.2, 0) is 12.8 Å². The standard InChI is InChI=1S/C15H22N4O/c1-3-8-16-14-13(4-2)15(19-11-18-14)17-9-7-12-6-5-10-20-12/h5-6,10-11H,3-4,7-9H2,1-2H3,(H2,16,17,18,19). The van der Waals surface area contributed by atoms with Gasteiger partial charge in [0.05, 0.1) is 6.26 Å². The molecular weight excluding hydrogens is 252 g/mol. The first-order chi connectivity index (χ1) is 9.85. The van der Waals surface area contributed by atoms with Crippen molar-refractivity contribution >= 4 is 11.6 Å². The van der Waals surface area contributed by atoms with Crippen LogP contribution in [0.3, 0.4) is 0 Å². The molecule has 2 N–H and O–H groups in total. The summed E-state index contributed by atoms with van der Waals surface area (Å²) in [4.78, 5) is 8.67. The highest BCUT2D eigenvalue weighted by atomic mass is 16.3. The summed E-state index contributed by atoms with van der Waals surface area (Å²) in [5, 5.41) is 6.72. The minimum atomic E-state index is 0.796. The zero-order chi connectivity index (χ0) is 14.2. The largest absolute Gasteiger partial charge is 0.469 e. The Bertz CT molecular complexity index is 511. The second-order valence-electron chi connectivity index (χ2n) is 4.59. The molecule has 2 rings (SSSR count). The van der Waals surface area contributed by atoms with Crippen molar-refractivity contribution in [2.75, 3.05) is 23.7 Å². The van der Waals surface area contributed by atoms with Crippen LogP contribution >= 0.6 is 0 Å². The van der Waals surface area contributed by atoms with Gasteiger partial charge < -0.3 is 15.1 Å². The first kappa shape index (κ1) is 14.4. The second-order valence-corrected chi connectivity index (χ2v) is 4.59. The summed E-state index contributed by atoms with van der Waals surface area (Å²) in [6.45, 7) is 5.98. The van der Waals surface area contributed by atoms with Gasteiger partial charge >= 0.3 is 0 Å². The van der Waals surface area contributed by atoms with E-state index in [9.17, 15) is 0 Å². The Morgan fingerprint density at radius 1 is 1.10 bits per heavy atom. The fourth-order valence-electron chi connectivity index (χ4n) is 2.05. The lowest BCUT2D eigenvalue weighted by Crippen LogP contribution is -2.12. The van der Waals surface area contributed by atoms with Crippen molar-refractivity contribution in [1.82, 2.24) is 9.97 Å². The van der Waals surface area contributed by atoms with Crippen LogP contribution in [0.2, 0.25) is 0 Å². The predicted octanol–water partition coefficient (Wildman–Crippen LogP) is 3.11. The van der Waals surface area contributed by atoms with Gasteiger partial charge in [-0.15, -0.1) is 0 Å². The molecule has 0 atom stereocenters. The number of aromatic nitrogens is 2. The Kier molecular flexibility index (Phi) is 5.41. The molecule has 0 saturated heterocycles. The predicted molar refractivity (Wildman–Crippen MR) is 81.1 cm³/mol. The molecule has 0 bridgehead atoms.